The number of hydrogen-bond donors (Lipinski definition) is 0. The van der Waals surface area contributed by atoms with Gasteiger partial charge in [-0.1, -0.05) is 19.4 Å². The molecule has 5 atom stereocenters. The largest absolute Gasteiger partial charge is 0.462 e. The van der Waals surface area contributed by atoms with Crippen molar-refractivity contribution < 1.29 is 14.3 Å². The molecular formula is C15H20O3. The Balaban J connectivity index is 1.97. The molecule has 0 aromatic carbocycles. The zero-order chi connectivity index (χ0) is 13.0. The average Bonchev–Trinajstić information content (AvgIpc) is 2.68. The normalized spacial score (nSPS) is 43.6. The highest BCUT2D eigenvalue weighted by atomic mass is 16.6. The molecule has 18 heavy (non-hydrogen) atoms. The fourth-order valence-corrected chi connectivity index (χ4v) is 3.94. The molecule has 2 fully saturated rings. The van der Waals surface area contributed by atoms with E-state index in [-0.39, 0.29) is 23.9 Å². The van der Waals surface area contributed by atoms with Gasteiger partial charge < -0.3 is 4.74 Å². The highest BCUT2D eigenvalue weighted by Gasteiger charge is 2.48. The molecule has 0 aromatic heterocycles. The van der Waals surface area contributed by atoms with Crippen molar-refractivity contribution in [3.63, 3.8) is 0 Å². The molecule has 2 aliphatic carbocycles. The van der Waals surface area contributed by atoms with Gasteiger partial charge in [0.05, 0.1) is 5.92 Å². The number of carbonyl (C=O) groups is 2. The minimum absolute atomic E-state index is 0.0167. The number of allylic oxidation sites excluding steroid dienone is 2. The number of hydrogen-bond acceptors (Lipinski definition) is 3. The standard InChI is InChI=1S/C15H20O3/c1-7-4-14-12(9(3)15(17)18-14)5-11-8(2)13(16)6-10(7)11/h7,9-10,12,14H,4-6H2,1-3H3/t7-,9?,10+,12+,14+/m0/s1. The number of ether oxygens (including phenoxy) is 1. The summed E-state index contributed by atoms with van der Waals surface area (Å²) < 4.78 is 5.51. The van der Waals surface area contributed by atoms with Crippen molar-refractivity contribution in [3.05, 3.63) is 11.1 Å². The summed E-state index contributed by atoms with van der Waals surface area (Å²) in [5, 5.41) is 0. The maximum atomic E-state index is 11.9. The maximum absolute atomic E-state index is 11.9. The number of rotatable bonds is 0. The summed E-state index contributed by atoms with van der Waals surface area (Å²) in [4.78, 5) is 23.6. The Morgan fingerprint density at radius 1 is 1.17 bits per heavy atom. The second kappa shape index (κ2) is 3.94. The van der Waals surface area contributed by atoms with E-state index in [2.05, 4.69) is 6.92 Å². The van der Waals surface area contributed by atoms with Gasteiger partial charge in [0.25, 0.3) is 0 Å². The highest BCUT2D eigenvalue weighted by molar-refractivity contribution is 5.98. The molecule has 98 valence electrons. The van der Waals surface area contributed by atoms with Crippen LogP contribution in [0.2, 0.25) is 0 Å². The minimum Gasteiger partial charge on any atom is -0.462 e. The molecule has 1 aliphatic heterocycles. The van der Waals surface area contributed by atoms with Gasteiger partial charge in [-0.25, -0.2) is 0 Å². The van der Waals surface area contributed by atoms with Crippen molar-refractivity contribution in [3.8, 4) is 0 Å². The third-order valence-corrected chi connectivity index (χ3v) is 5.26. The molecule has 1 unspecified atom stereocenters. The second-order valence-corrected chi connectivity index (χ2v) is 6.23. The van der Waals surface area contributed by atoms with Crippen molar-refractivity contribution in [1.82, 2.24) is 0 Å². The van der Waals surface area contributed by atoms with Gasteiger partial charge in [-0.05, 0) is 37.2 Å². The lowest BCUT2D eigenvalue weighted by Gasteiger charge is -2.19. The molecule has 3 rings (SSSR count). The van der Waals surface area contributed by atoms with Gasteiger partial charge in [0.15, 0.2) is 5.78 Å². The van der Waals surface area contributed by atoms with Crippen LogP contribution in [0.4, 0.5) is 0 Å². The topological polar surface area (TPSA) is 43.4 Å². The molecule has 1 saturated heterocycles. The summed E-state index contributed by atoms with van der Waals surface area (Å²) in [5.74, 6) is 1.35. The third kappa shape index (κ3) is 1.56. The van der Waals surface area contributed by atoms with Crippen LogP contribution in [0.1, 0.15) is 40.0 Å². The van der Waals surface area contributed by atoms with Crippen LogP contribution in [0.3, 0.4) is 0 Å². The first-order chi connectivity index (χ1) is 8.49. The van der Waals surface area contributed by atoms with Gasteiger partial charge in [0, 0.05) is 12.3 Å². The van der Waals surface area contributed by atoms with Crippen LogP contribution in [0.15, 0.2) is 11.1 Å². The quantitative estimate of drug-likeness (QED) is 0.619. The third-order valence-electron chi connectivity index (χ3n) is 5.26. The van der Waals surface area contributed by atoms with Crippen LogP contribution < -0.4 is 0 Å². The molecule has 0 N–H and O–H groups in total. The van der Waals surface area contributed by atoms with Gasteiger partial charge in [-0.2, -0.15) is 0 Å². The van der Waals surface area contributed by atoms with Gasteiger partial charge in [-0.15, -0.1) is 0 Å². The van der Waals surface area contributed by atoms with E-state index in [1.807, 2.05) is 13.8 Å². The van der Waals surface area contributed by atoms with Crippen LogP contribution >= 0.6 is 0 Å². The molecular weight excluding hydrogens is 228 g/mol. The van der Waals surface area contributed by atoms with Gasteiger partial charge in [0.2, 0.25) is 0 Å². The van der Waals surface area contributed by atoms with E-state index in [1.165, 1.54) is 5.57 Å². The predicted molar refractivity (Wildman–Crippen MR) is 66.7 cm³/mol. The Morgan fingerprint density at radius 2 is 1.89 bits per heavy atom. The fourth-order valence-electron chi connectivity index (χ4n) is 3.94. The number of esters is 1. The Morgan fingerprint density at radius 3 is 2.61 bits per heavy atom. The molecule has 0 radical (unpaired) electrons. The minimum atomic E-state index is -0.0572. The van der Waals surface area contributed by atoms with Crippen LogP contribution in [-0.2, 0) is 14.3 Å². The van der Waals surface area contributed by atoms with Crippen LogP contribution in [0.5, 0.6) is 0 Å². The van der Waals surface area contributed by atoms with E-state index in [0.29, 0.717) is 24.0 Å². The lowest BCUT2D eigenvalue weighted by atomic mass is 9.85. The molecule has 0 bridgehead atoms. The van der Waals surface area contributed by atoms with Gasteiger partial charge in [0.1, 0.15) is 6.10 Å². The average molecular weight is 248 g/mol. The summed E-state index contributed by atoms with van der Waals surface area (Å²) in [6.45, 7) is 6.10. The molecule has 3 aliphatic rings. The molecule has 1 heterocycles. The van der Waals surface area contributed by atoms with E-state index in [9.17, 15) is 9.59 Å². The first-order valence-corrected chi connectivity index (χ1v) is 6.92. The van der Waals surface area contributed by atoms with Crippen molar-refractivity contribution in [1.29, 1.82) is 0 Å². The van der Waals surface area contributed by atoms with Crippen molar-refractivity contribution in [2.24, 2.45) is 23.7 Å². The Hall–Kier alpha value is -1.12. The van der Waals surface area contributed by atoms with Gasteiger partial charge >= 0.3 is 5.97 Å². The monoisotopic (exact) mass is 248 g/mol. The van der Waals surface area contributed by atoms with Crippen LogP contribution in [0, 0.1) is 23.7 Å². The van der Waals surface area contributed by atoms with Crippen LogP contribution in [0.25, 0.3) is 0 Å². The lowest BCUT2D eigenvalue weighted by molar-refractivity contribution is -0.144. The van der Waals surface area contributed by atoms with E-state index in [4.69, 9.17) is 4.74 Å². The van der Waals surface area contributed by atoms with E-state index >= 15 is 0 Å². The smallest absolute Gasteiger partial charge is 0.309 e. The van der Waals surface area contributed by atoms with Crippen LogP contribution in [-0.4, -0.2) is 17.9 Å². The zero-order valence-electron chi connectivity index (χ0n) is 11.2. The summed E-state index contributed by atoms with van der Waals surface area (Å²) in [7, 11) is 0. The van der Waals surface area contributed by atoms with Crippen molar-refractivity contribution in [2.75, 3.05) is 0 Å². The first kappa shape index (κ1) is 11.9. The molecule has 1 saturated carbocycles. The van der Waals surface area contributed by atoms with E-state index < -0.39 is 0 Å². The Bertz CT molecular complexity index is 449. The Labute approximate surface area is 108 Å². The van der Waals surface area contributed by atoms with E-state index in [1.54, 1.807) is 0 Å². The fraction of sp³-hybridized carbons (Fsp3) is 0.733. The summed E-state index contributed by atoms with van der Waals surface area (Å²) in [6.07, 6.45) is 2.53. The van der Waals surface area contributed by atoms with Gasteiger partial charge in [-0.3, -0.25) is 9.59 Å². The molecule has 3 heteroatoms. The Kier molecular flexibility index (Phi) is 2.61. The first-order valence-electron chi connectivity index (χ1n) is 6.92. The number of Topliss-reactive ketones (excluding diaryl/α,β-unsaturated/α-hetero) is 1. The van der Waals surface area contributed by atoms with E-state index in [0.717, 1.165) is 18.4 Å². The molecule has 0 spiro atoms. The SMILES string of the molecule is CC1=C2C[C@@H]3C(C)C(=O)O[C@@H]3C[C@H](C)[C@H]2CC1=O. The number of carbonyl (C=O) groups excluding carboxylic acids is 2. The second-order valence-electron chi connectivity index (χ2n) is 6.23. The summed E-state index contributed by atoms with van der Waals surface area (Å²) in [5.41, 5.74) is 2.27. The molecule has 0 aromatic rings. The summed E-state index contributed by atoms with van der Waals surface area (Å²) >= 11 is 0. The highest BCUT2D eigenvalue weighted by Crippen LogP contribution is 2.48. The number of ketones is 1. The molecule has 3 nitrogen and oxygen atoms in total. The maximum Gasteiger partial charge on any atom is 0.309 e. The summed E-state index contributed by atoms with van der Waals surface area (Å²) in [6, 6.07) is 0. The number of fused-ring (bicyclic) bond motifs is 2. The predicted octanol–water partition coefficient (Wildman–Crippen LogP) is 2.50. The lowest BCUT2D eigenvalue weighted by Crippen LogP contribution is -2.20. The van der Waals surface area contributed by atoms with Crippen molar-refractivity contribution in [2.45, 2.75) is 46.1 Å². The molecule has 0 amide bonds. The zero-order valence-corrected chi connectivity index (χ0v) is 11.2. The van der Waals surface area contributed by atoms with Crippen molar-refractivity contribution >= 4 is 11.8 Å².